The maximum Gasteiger partial charge on any atom is 0.259 e. The summed E-state index contributed by atoms with van der Waals surface area (Å²) in [7, 11) is 0. The van der Waals surface area contributed by atoms with Gasteiger partial charge >= 0.3 is 0 Å². The molecule has 0 aliphatic rings. The van der Waals surface area contributed by atoms with Crippen LogP contribution in [0.3, 0.4) is 0 Å². The van der Waals surface area contributed by atoms with Crippen molar-refractivity contribution in [2.45, 2.75) is 46.7 Å². The van der Waals surface area contributed by atoms with E-state index in [0.29, 0.717) is 46.5 Å². The van der Waals surface area contributed by atoms with Gasteiger partial charge in [0.2, 0.25) is 0 Å². The van der Waals surface area contributed by atoms with Gasteiger partial charge < -0.3 is 9.84 Å². The van der Waals surface area contributed by atoms with Gasteiger partial charge in [0.25, 0.3) is 11.6 Å². The Hall–Kier alpha value is -2.80. The summed E-state index contributed by atoms with van der Waals surface area (Å²) in [5, 5.41) is 7.45. The van der Waals surface area contributed by atoms with Gasteiger partial charge in [0.15, 0.2) is 0 Å². The van der Waals surface area contributed by atoms with Crippen molar-refractivity contribution >= 4 is 17.0 Å². The number of pyridine rings is 1. The van der Waals surface area contributed by atoms with Crippen molar-refractivity contribution < 1.29 is 13.7 Å². The molecule has 0 fully saturated rings. The zero-order chi connectivity index (χ0) is 21.1. The largest absolute Gasteiger partial charge is 0.351 e. The first-order valence-electron chi connectivity index (χ1n) is 9.85. The van der Waals surface area contributed by atoms with Gasteiger partial charge in [0, 0.05) is 30.7 Å². The molecule has 0 unspecified atom stereocenters. The fourth-order valence-electron chi connectivity index (χ4n) is 3.59. The third-order valence-corrected chi connectivity index (χ3v) is 4.99. The van der Waals surface area contributed by atoms with Crippen molar-refractivity contribution in [2.75, 3.05) is 13.1 Å². The van der Waals surface area contributed by atoms with Gasteiger partial charge in [-0.15, -0.1) is 0 Å². The topological polar surface area (TPSA) is 71.3 Å². The third kappa shape index (κ3) is 4.45. The van der Waals surface area contributed by atoms with Crippen LogP contribution < -0.4 is 5.32 Å². The molecule has 1 N–H and O–H groups in total. The molecule has 7 heteroatoms. The van der Waals surface area contributed by atoms with Crippen LogP contribution in [0.4, 0.5) is 4.39 Å². The second-order valence-electron chi connectivity index (χ2n) is 7.66. The molecule has 2 heterocycles. The molecule has 1 amide bonds. The number of halogens is 1. The predicted molar refractivity (Wildman–Crippen MR) is 111 cm³/mol. The van der Waals surface area contributed by atoms with E-state index in [1.807, 2.05) is 0 Å². The minimum absolute atomic E-state index is 0.222. The van der Waals surface area contributed by atoms with Crippen LogP contribution in [0.15, 0.2) is 34.9 Å². The summed E-state index contributed by atoms with van der Waals surface area (Å²) in [4.78, 5) is 19.6. The van der Waals surface area contributed by atoms with Crippen molar-refractivity contribution in [3.63, 3.8) is 0 Å². The zero-order valence-electron chi connectivity index (χ0n) is 17.5. The minimum atomic E-state index is -0.411. The Bertz CT molecular complexity index is 1010. The van der Waals surface area contributed by atoms with Crippen LogP contribution in [0.2, 0.25) is 0 Å². The first kappa shape index (κ1) is 20.9. The summed E-state index contributed by atoms with van der Waals surface area (Å²) >= 11 is 0. The fourth-order valence-corrected chi connectivity index (χ4v) is 3.59. The summed E-state index contributed by atoms with van der Waals surface area (Å²) in [5.74, 6) is -0.666. The van der Waals surface area contributed by atoms with E-state index >= 15 is 0 Å². The lowest BCUT2D eigenvalue weighted by Crippen LogP contribution is -2.42. The number of benzene rings is 1. The Morgan fingerprint density at radius 1 is 1.21 bits per heavy atom. The van der Waals surface area contributed by atoms with Crippen LogP contribution in [0.1, 0.15) is 43.7 Å². The Morgan fingerprint density at radius 2 is 1.90 bits per heavy atom. The smallest absolute Gasteiger partial charge is 0.259 e. The van der Waals surface area contributed by atoms with Gasteiger partial charge in [-0.25, -0.2) is 9.37 Å². The molecule has 3 aromatic rings. The van der Waals surface area contributed by atoms with Crippen LogP contribution in [-0.4, -0.2) is 46.1 Å². The maximum absolute atomic E-state index is 14.3. The number of carbonyl (C=O) groups excluding carboxylic acids is 1. The summed E-state index contributed by atoms with van der Waals surface area (Å²) < 4.78 is 19.5. The molecule has 0 bridgehead atoms. The van der Waals surface area contributed by atoms with Gasteiger partial charge in [-0.05, 0) is 52.8 Å². The minimum Gasteiger partial charge on any atom is -0.351 e. The van der Waals surface area contributed by atoms with E-state index in [4.69, 9.17) is 4.52 Å². The summed E-state index contributed by atoms with van der Waals surface area (Å²) in [5.41, 5.74) is 1.82. The van der Waals surface area contributed by atoms with Crippen molar-refractivity contribution in [2.24, 2.45) is 0 Å². The zero-order valence-corrected chi connectivity index (χ0v) is 17.5. The van der Waals surface area contributed by atoms with Crippen LogP contribution in [0.25, 0.3) is 22.4 Å². The molecule has 0 spiro atoms. The average molecular weight is 398 g/mol. The van der Waals surface area contributed by atoms with E-state index in [2.05, 4.69) is 48.1 Å². The number of hydrogen-bond acceptors (Lipinski definition) is 5. The molecule has 0 aliphatic carbocycles. The van der Waals surface area contributed by atoms with E-state index in [1.54, 1.807) is 31.2 Å². The molecular formula is C22H27FN4O2. The van der Waals surface area contributed by atoms with Gasteiger partial charge in [-0.1, -0.05) is 17.3 Å². The molecule has 0 atom stereocenters. The number of fused-ring (bicyclic) bond motifs is 1. The lowest BCUT2D eigenvalue weighted by atomic mass is 10.0. The van der Waals surface area contributed by atoms with Crippen LogP contribution in [0, 0.1) is 12.7 Å². The summed E-state index contributed by atoms with van der Waals surface area (Å²) in [6.45, 7) is 11.5. The number of carbonyl (C=O) groups is 1. The number of nitrogens with one attached hydrogen (secondary N) is 1. The maximum atomic E-state index is 14.3. The van der Waals surface area contributed by atoms with Crippen molar-refractivity contribution in [3.8, 4) is 11.3 Å². The highest BCUT2D eigenvalue weighted by Crippen LogP contribution is 2.28. The summed E-state index contributed by atoms with van der Waals surface area (Å²) in [6, 6.07) is 8.68. The van der Waals surface area contributed by atoms with Gasteiger partial charge in [-0.2, -0.15) is 0 Å². The molecule has 6 nitrogen and oxygen atoms in total. The molecule has 0 saturated heterocycles. The van der Waals surface area contributed by atoms with Crippen molar-refractivity contribution in [1.29, 1.82) is 0 Å². The molecular weight excluding hydrogens is 371 g/mol. The second-order valence-corrected chi connectivity index (χ2v) is 7.66. The second kappa shape index (κ2) is 8.69. The Labute approximate surface area is 170 Å². The first-order valence-corrected chi connectivity index (χ1v) is 9.85. The van der Waals surface area contributed by atoms with E-state index in [1.165, 1.54) is 6.07 Å². The Balaban J connectivity index is 1.90. The normalized spacial score (nSPS) is 11.8. The number of hydrogen-bond donors (Lipinski definition) is 1. The van der Waals surface area contributed by atoms with E-state index in [-0.39, 0.29) is 11.6 Å². The monoisotopic (exact) mass is 398 g/mol. The van der Waals surface area contributed by atoms with E-state index in [0.717, 1.165) is 6.54 Å². The molecule has 29 heavy (non-hydrogen) atoms. The highest BCUT2D eigenvalue weighted by atomic mass is 19.1. The number of nitrogens with zero attached hydrogens (tertiary/aromatic N) is 3. The highest BCUT2D eigenvalue weighted by molar-refractivity contribution is 6.07. The molecule has 2 aromatic heterocycles. The predicted octanol–water partition coefficient (Wildman–Crippen LogP) is 4.19. The van der Waals surface area contributed by atoms with Gasteiger partial charge in [-0.3, -0.25) is 9.69 Å². The Morgan fingerprint density at radius 3 is 2.55 bits per heavy atom. The quantitative estimate of drug-likeness (QED) is 0.646. The van der Waals surface area contributed by atoms with Gasteiger partial charge in [0.05, 0.1) is 22.3 Å². The van der Waals surface area contributed by atoms with Crippen LogP contribution in [-0.2, 0) is 0 Å². The third-order valence-electron chi connectivity index (χ3n) is 4.99. The van der Waals surface area contributed by atoms with Gasteiger partial charge in [0.1, 0.15) is 5.82 Å². The van der Waals surface area contributed by atoms with Crippen molar-refractivity contribution in [3.05, 3.63) is 47.4 Å². The molecule has 0 radical (unpaired) electrons. The highest BCUT2D eigenvalue weighted by Gasteiger charge is 2.21. The number of amides is 1. The van der Waals surface area contributed by atoms with E-state index in [9.17, 15) is 9.18 Å². The average Bonchev–Trinajstić information content (AvgIpc) is 3.05. The Kier molecular flexibility index (Phi) is 6.27. The molecule has 0 aliphatic heterocycles. The molecule has 0 saturated carbocycles. The molecule has 1 aromatic carbocycles. The number of rotatable bonds is 7. The number of aromatic nitrogens is 2. The van der Waals surface area contributed by atoms with Crippen LogP contribution >= 0.6 is 0 Å². The van der Waals surface area contributed by atoms with Crippen molar-refractivity contribution in [1.82, 2.24) is 20.4 Å². The van der Waals surface area contributed by atoms with E-state index < -0.39 is 5.82 Å². The SMILES string of the molecule is Cc1noc2nc(-c3ccccc3F)cc(C(=O)NCCN(C(C)C)C(C)C)c12. The molecule has 154 valence electrons. The first-order chi connectivity index (χ1) is 13.8. The molecule has 3 rings (SSSR count). The fraction of sp³-hybridized carbons (Fsp3) is 0.409. The van der Waals surface area contributed by atoms with Crippen LogP contribution in [0.5, 0.6) is 0 Å². The lowest BCUT2D eigenvalue weighted by molar-refractivity contribution is 0.0941. The summed E-state index contributed by atoms with van der Waals surface area (Å²) in [6.07, 6.45) is 0. The lowest BCUT2D eigenvalue weighted by Gasteiger charge is -2.30. The standard InChI is InChI=1S/C22H27FN4O2/c1-13(2)27(14(3)4)11-10-24-21(28)17-12-19(16-8-6-7-9-18(16)23)25-22-20(17)15(5)26-29-22/h6-9,12-14H,10-11H2,1-5H3,(H,24,28). The number of aryl methyl sites for hydroxylation is 1.